The lowest BCUT2D eigenvalue weighted by molar-refractivity contribution is -0.129. The second-order valence-corrected chi connectivity index (χ2v) is 3.81. The molecule has 1 rings (SSSR count). The number of carbonyl (C=O) groups is 1. The van der Waals surface area contributed by atoms with Gasteiger partial charge in [-0.1, -0.05) is 13.2 Å². The van der Waals surface area contributed by atoms with E-state index in [4.69, 9.17) is 0 Å². The predicted octanol–water partition coefficient (Wildman–Crippen LogP) is 0.907. The predicted molar refractivity (Wildman–Crippen MR) is 65.7 cm³/mol. The van der Waals surface area contributed by atoms with Crippen LogP contribution in [0.1, 0.15) is 6.42 Å². The van der Waals surface area contributed by atoms with Crippen LogP contribution in [-0.4, -0.2) is 36.6 Å². The van der Waals surface area contributed by atoms with Crippen molar-refractivity contribution in [2.75, 3.05) is 19.6 Å². The molecule has 5 heteroatoms. The van der Waals surface area contributed by atoms with Crippen LogP contribution in [-0.2, 0) is 4.79 Å². The van der Waals surface area contributed by atoms with E-state index in [0.717, 1.165) is 0 Å². The molecular formula is C12H18FN3O. The third-order valence-corrected chi connectivity index (χ3v) is 2.43. The van der Waals surface area contributed by atoms with E-state index < -0.39 is 6.17 Å². The zero-order chi connectivity index (χ0) is 12.7. The van der Waals surface area contributed by atoms with Gasteiger partial charge in [-0.2, -0.15) is 0 Å². The SMILES string of the molecule is C=CNC(=C)/C=C\NCC(=O)N1CCC(F)C1. The van der Waals surface area contributed by atoms with Crippen LogP contribution in [0.25, 0.3) is 0 Å². The lowest BCUT2D eigenvalue weighted by Crippen LogP contribution is -2.35. The van der Waals surface area contributed by atoms with Gasteiger partial charge in [0.1, 0.15) is 6.17 Å². The number of amides is 1. The zero-order valence-electron chi connectivity index (χ0n) is 9.79. The molecule has 0 radical (unpaired) electrons. The van der Waals surface area contributed by atoms with Gasteiger partial charge in [-0.05, 0) is 24.9 Å². The number of rotatable bonds is 6. The zero-order valence-corrected chi connectivity index (χ0v) is 9.79. The van der Waals surface area contributed by atoms with Gasteiger partial charge in [-0.25, -0.2) is 4.39 Å². The first-order valence-electron chi connectivity index (χ1n) is 5.51. The first kappa shape index (κ1) is 13.3. The fourth-order valence-corrected chi connectivity index (χ4v) is 1.54. The van der Waals surface area contributed by atoms with E-state index in [9.17, 15) is 9.18 Å². The maximum atomic E-state index is 12.9. The molecule has 1 atom stereocenters. The van der Waals surface area contributed by atoms with Gasteiger partial charge in [0, 0.05) is 12.2 Å². The molecule has 94 valence electrons. The van der Waals surface area contributed by atoms with Gasteiger partial charge in [0.2, 0.25) is 5.91 Å². The summed E-state index contributed by atoms with van der Waals surface area (Å²) in [6.45, 7) is 8.09. The van der Waals surface area contributed by atoms with Crippen LogP contribution in [0.2, 0.25) is 0 Å². The summed E-state index contributed by atoms with van der Waals surface area (Å²) in [6, 6.07) is 0. The normalized spacial score (nSPS) is 19.4. The van der Waals surface area contributed by atoms with Crippen molar-refractivity contribution in [3.8, 4) is 0 Å². The van der Waals surface area contributed by atoms with E-state index in [-0.39, 0.29) is 19.0 Å². The van der Waals surface area contributed by atoms with E-state index in [1.807, 2.05) is 0 Å². The van der Waals surface area contributed by atoms with Crippen molar-refractivity contribution in [3.63, 3.8) is 0 Å². The van der Waals surface area contributed by atoms with Crippen molar-refractivity contribution in [1.82, 2.24) is 15.5 Å². The Morgan fingerprint density at radius 1 is 1.59 bits per heavy atom. The molecule has 17 heavy (non-hydrogen) atoms. The highest BCUT2D eigenvalue weighted by atomic mass is 19.1. The van der Waals surface area contributed by atoms with E-state index in [1.165, 1.54) is 11.1 Å². The molecule has 1 heterocycles. The first-order valence-corrected chi connectivity index (χ1v) is 5.51. The Morgan fingerprint density at radius 3 is 2.94 bits per heavy atom. The van der Waals surface area contributed by atoms with E-state index in [2.05, 4.69) is 23.8 Å². The third kappa shape index (κ3) is 4.72. The molecule has 1 fully saturated rings. The van der Waals surface area contributed by atoms with Crippen molar-refractivity contribution in [3.05, 3.63) is 37.3 Å². The molecule has 2 N–H and O–H groups in total. The Hall–Kier alpha value is -1.78. The largest absolute Gasteiger partial charge is 0.382 e. The number of likely N-dealkylation sites (tertiary alicyclic amines) is 1. The van der Waals surface area contributed by atoms with Gasteiger partial charge in [-0.3, -0.25) is 4.79 Å². The number of hydrogen-bond acceptors (Lipinski definition) is 3. The number of carbonyl (C=O) groups excluding carboxylic acids is 1. The van der Waals surface area contributed by atoms with Crippen LogP contribution in [0.3, 0.4) is 0 Å². The average molecular weight is 239 g/mol. The van der Waals surface area contributed by atoms with Crippen LogP contribution in [0, 0.1) is 0 Å². The highest BCUT2D eigenvalue weighted by molar-refractivity contribution is 5.78. The van der Waals surface area contributed by atoms with Gasteiger partial charge in [0.25, 0.3) is 0 Å². The number of nitrogens with zero attached hydrogens (tertiary/aromatic N) is 1. The van der Waals surface area contributed by atoms with Crippen molar-refractivity contribution < 1.29 is 9.18 Å². The highest BCUT2D eigenvalue weighted by Crippen LogP contribution is 2.11. The molecule has 0 saturated carbocycles. The number of hydrogen-bond donors (Lipinski definition) is 2. The van der Waals surface area contributed by atoms with E-state index in [1.54, 1.807) is 12.3 Å². The fraction of sp³-hybridized carbons (Fsp3) is 0.417. The minimum Gasteiger partial charge on any atom is -0.382 e. The second-order valence-electron chi connectivity index (χ2n) is 3.81. The standard InChI is InChI=1S/C12H18FN3O/c1-3-15-10(2)4-6-14-8-12(17)16-7-5-11(13)9-16/h3-4,6,11,14-15H,1-2,5,7-9H2/b6-4-. The fourth-order valence-electron chi connectivity index (χ4n) is 1.54. The molecule has 1 aliphatic heterocycles. The van der Waals surface area contributed by atoms with Crippen molar-refractivity contribution in [1.29, 1.82) is 0 Å². The monoisotopic (exact) mass is 239 g/mol. The Bertz CT molecular complexity index is 328. The quantitative estimate of drug-likeness (QED) is 0.677. The Morgan fingerprint density at radius 2 is 2.35 bits per heavy atom. The van der Waals surface area contributed by atoms with Crippen molar-refractivity contribution in [2.24, 2.45) is 0 Å². The summed E-state index contributed by atoms with van der Waals surface area (Å²) in [6.07, 6.45) is 4.41. The molecule has 0 bridgehead atoms. The number of nitrogens with one attached hydrogen (secondary N) is 2. The van der Waals surface area contributed by atoms with Crippen molar-refractivity contribution in [2.45, 2.75) is 12.6 Å². The molecule has 1 amide bonds. The second kappa shape index (κ2) is 6.73. The molecule has 0 spiro atoms. The maximum absolute atomic E-state index is 12.9. The minimum atomic E-state index is -0.869. The number of halogens is 1. The summed E-state index contributed by atoms with van der Waals surface area (Å²) in [5.41, 5.74) is 0.671. The first-order chi connectivity index (χ1) is 8.13. The summed E-state index contributed by atoms with van der Waals surface area (Å²) in [7, 11) is 0. The average Bonchev–Trinajstić information content (AvgIpc) is 2.71. The minimum absolute atomic E-state index is 0.0860. The molecule has 1 saturated heterocycles. The number of alkyl halides is 1. The van der Waals surface area contributed by atoms with Crippen LogP contribution < -0.4 is 10.6 Å². The van der Waals surface area contributed by atoms with Crippen LogP contribution in [0.4, 0.5) is 4.39 Å². The van der Waals surface area contributed by atoms with Crippen LogP contribution in [0.5, 0.6) is 0 Å². The molecule has 1 aliphatic rings. The van der Waals surface area contributed by atoms with Crippen molar-refractivity contribution >= 4 is 5.91 Å². The van der Waals surface area contributed by atoms with Gasteiger partial charge in [0.15, 0.2) is 0 Å². The van der Waals surface area contributed by atoms with Gasteiger partial charge < -0.3 is 15.5 Å². The molecule has 0 aromatic carbocycles. The third-order valence-electron chi connectivity index (χ3n) is 2.43. The van der Waals surface area contributed by atoms with E-state index in [0.29, 0.717) is 18.7 Å². The summed E-state index contributed by atoms with van der Waals surface area (Å²) in [4.78, 5) is 13.1. The Balaban J connectivity index is 2.20. The van der Waals surface area contributed by atoms with Gasteiger partial charge in [-0.15, -0.1) is 0 Å². The molecule has 0 aromatic rings. The Labute approximate surface area is 101 Å². The molecule has 1 unspecified atom stereocenters. The Kier molecular flexibility index (Phi) is 5.26. The summed E-state index contributed by atoms with van der Waals surface area (Å²) in [5, 5.41) is 5.63. The van der Waals surface area contributed by atoms with Crippen LogP contribution in [0.15, 0.2) is 37.3 Å². The van der Waals surface area contributed by atoms with E-state index >= 15 is 0 Å². The highest BCUT2D eigenvalue weighted by Gasteiger charge is 2.24. The topological polar surface area (TPSA) is 44.4 Å². The maximum Gasteiger partial charge on any atom is 0.241 e. The van der Waals surface area contributed by atoms with Gasteiger partial charge in [0.05, 0.1) is 13.1 Å². The molecule has 4 nitrogen and oxygen atoms in total. The number of allylic oxidation sites excluding steroid dienone is 1. The molecule has 0 aliphatic carbocycles. The smallest absolute Gasteiger partial charge is 0.241 e. The van der Waals surface area contributed by atoms with Crippen LogP contribution >= 0.6 is 0 Å². The lowest BCUT2D eigenvalue weighted by atomic mass is 10.3. The summed E-state index contributed by atoms with van der Waals surface area (Å²) < 4.78 is 12.9. The van der Waals surface area contributed by atoms with Gasteiger partial charge >= 0.3 is 0 Å². The molecular weight excluding hydrogens is 221 g/mol. The summed E-state index contributed by atoms with van der Waals surface area (Å²) >= 11 is 0. The molecule has 0 aromatic heterocycles. The lowest BCUT2D eigenvalue weighted by Gasteiger charge is -2.14. The summed E-state index contributed by atoms with van der Waals surface area (Å²) in [5.74, 6) is -0.0860.